The quantitative estimate of drug-likeness (QED) is 0.286. The van der Waals surface area contributed by atoms with Gasteiger partial charge in [0.05, 0.1) is 0 Å². The Labute approximate surface area is 169 Å². The molecule has 0 aromatic heterocycles. The number of aliphatic carboxylic acids is 1. The number of hydrogen-bond donors (Lipinski definition) is 2. The second-order valence-corrected chi connectivity index (χ2v) is 8.29. The number of rotatable bonds is 19. The summed E-state index contributed by atoms with van der Waals surface area (Å²) in [4.78, 5) is 33.4. The number of carboxylic acid groups (broad SMARTS) is 1. The van der Waals surface area contributed by atoms with Crippen LogP contribution in [0.25, 0.3) is 0 Å². The molecule has 0 radical (unpaired) electrons. The lowest BCUT2D eigenvalue weighted by molar-refractivity contribution is -0.137. The highest BCUT2D eigenvalue weighted by molar-refractivity contribution is 8.13. The predicted molar refractivity (Wildman–Crippen MR) is 113 cm³/mol. The Morgan fingerprint density at radius 1 is 0.741 bits per heavy atom. The Hall–Kier alpha value is -1.04. The number of carboxylic acids is 1. The second kappa shape index (κ2) is 19.7. The van der Waals surface area contributed by atoms with Crippen LogP contribution in [-0.4, -0.2) is 34.4 Å². The molecule has 0 aliphatic rings. The number of unbranched alkanes of at least 4 members (excludes halogenated alkanes) is 12. The van der Waals surface area contributed by atoms with Gasteiger partial charge in [0.25, 0.3) is 0 Å². The lowest BCUT2D eigenvalue weighted by Crippen LogP contribution is -2.29. The van der Waals surface area contributed by atoms with Gasteiger partial charge in [-0.25, -0.2) is 0 Å². The minimum atomic E-state index is -1.06. The van der Waals surface area contributed by atoms with Crippen LogP contribution in [0, 0.1) is 0 Å². The van der Waals surface area contributed by atoms with Gasteiger partial charge in [-0.2, -0.15) is 0 Å². The van der Waals surface area contributed by atoms with Crippen molar-refractivity contribution in [2.24, 2.45) is 0 Å². The minimum absolute atomic E-state index is 0.129. The van der Waals surface area contributed by atoms with Gasteiger partial charge in [0.2, 0.25) is 5.91 Å². The van der Waals surface area contributed by atoms with Crippen molar-refractivity contribution >= 4 is 28.8 Å². The maximum absolute atomic E-state index is 11.7. The van der Waals surface area contributed by atoms with E-state index in [1.165, 1.54) is 82.4 Å². The van der Waals surface area contributed by atoms with E-state index in [-0.39, 0.29) is 24.0 Å². The molecule has 27 heavy (non-hydrogen) atoms. The molecule has 1 amide bonds. The molecule has 0 fully saturated rings. The summed E-state index contributed by atoms with van der Waals surface area (Å²) >= 11 is 1.18. The molecule has 5 nitrogen and oxygen atoms in total. The smallest absolute Gasteiger partial charge is 0.322 e. The zero-order valence-electron chi connectivity index (χ0n) is 17.1. The fourth-order valence-electron chi connectivity index (χ4n) is 2.88. The minimum Gasteiger partial charge on any atom is -0.480 e. The van der Waals surface area contributed by atoms with Crippen LogP contribution >= 0.6 is 11.8 Å². The van der Waals surface area contributed by atoms with Crippen LogP contribution in [0.4, 0.5) is 0 Å². The van der Waals surface area contributed by atoms with E-state index >= 15 is 0 Å². The van der Waals surface area contributed by atoms with Crippen LogP contribution in [0.1, 0.15) is 103 Å². The zero-order valence-corrected chi connectivity index (χ0v) is 17.9. The Bertz CT molecular complexity index is 402. The largest absolute Gasteiger partial charge is 0.480 e. The van der Waals surface area contributed by atoms with Crippen molar-refractivity contribution < 1.29 is 19.5 Å². The first-order valence-corrected chi connectivity index (χ1v) is 11.7. The lowest BCUT2D eigenvalue weighted by atomic mass is 10.0. The highest BCUT2D eigenvalue weighted by Crippen LogP contribution is 2.15. The summed E-state index contributed by atoms with van der Waals surface area (Å²) in [5.41, 5.74) is 0. The Balaban J connectivity index is 3.27. The molecule has 2 N–H and O–H groups in total. The molecule has 158 valence electrons. The van der Waals surface area contributed by atoms with Gasteiger partial charge in [-0.15, -0.1) is 0 Å². The van der Waals surface area contributed by atoms with Crippen LogP contribution in [0.5, 0.6) is 0 Å². The monoisotopic (exact) mass is 401 g/mol. The fraction of sp³-hybridized carbons (Fsp3) is 0.857. The molecular weight excluding hydrogens is 362 g/mol. The van der Waals surface area contributed by atoms with E-state index in [1.54, 1.807) is 0 Å². The van der Waals surface area contributed by atoms with Crippen molar-refractivity contribution in [2.75, 3.05) is 12.3 Å². The van der Waals surface area contributed by atoms with Gasteiger partial charge in [-0.1, -0.05) is 95.7 Å². The van der Waals surface area contributed by atoms with E-state index in [1.807, 2.05) is 0 Å². The molecule has 0 bridgehead atoms. The molecule has 6 heteroatoms. The Morgan fingerprint density at radius 3 is 1.70 bits per heavy atom. The summed E-state index contributed by atoms with van der Waals surface area (Å²) in [7, 11) is 0. The third-order valence-corrected chi connectivity index (χ3v) is 5.45. The number of nitrogens with one attached hydrogen (secondary N) is 1. The van der Waals surface area contributed by atoms with Crippen molar-refractivity contribution in [3.8, 4) is 0 Å². The van der Waals surface area contributed by atoms with E-state index in [0.29, 0.717) is 12.2 Å². The van der Waals surface area contributed by atoms with Crippen LogP contribution < -0.4 is 5.32 Å². The molecule has 0 spiro atoms. The number of thioether (sulfide) groups is 1. The number of carbonyl (C=O) groups excluding carboxylic acids is 2. The third-order valence-electron chi connectivity index (χ3n) is 4.51. The summed E-state index contributed by atoms with van der Waals surface area (Å²) in [6.07, 6.45) is 17.5. The van der Waals surface area contributed by atoms with Gasteiger partial charge in [0.1, 0.15) is 6.54 Å². The summed E-state index contributed by atoms with van der Waals surface area (Å²) in [5.74, 6) is -0.962. The second-order valence-electron chi connectivity index (χ2n) is 7.13. The van der Waals surface area contributed by atoms with E-state index in [2.05, 4.69) is 12.2 Å². The molecule has 0 atom stereocenters. The average Bonchev–Trinajstić information content (AvgIpc) is 2.63. The summed E-state index contributed by atoms with van der Waals surface area (Å²) in [6.45, 7) is 1.89. The zero-order chi connectivity index (χ0) is 20.2. The Kier molecular flexibility index (Phi) is 19.0. The highest BCUT2D eigenvalue weighted by Gasteiger charge is 2.07. The molecule has 0 aliphatic heterocycles. The fourth-order valence-corrected chi connectivity index (χ4v) is 3.68. The van der Waals surface area contributed by atoms with E-state index in [9.17, 15) is 14.4 Å². The van der Waals surface area contributed by atoms with Gasteiger partial charge in [0.15, 0.2) is 5.12 Å². The van der Waals surface area contributed by atoms with Gasteiger partial charge < -0.3 is 10.4 Å². The van der Waals surface area contributed by atoms with Crippen LogP contribution in [-0.2, 0) is 14.4 Å². The van der Waals surface area contributed by atoms with E-state index in [0.717, 1.165) is 12.8 Å². The number of amides is 1. The molecule has 0 heterocycles. The summed E-state index contributed by atoms with van der Waals surface area (Å²) in [5, 5.41) is 10.9. The molecule has 0 aromatic rings. The maximum atomic E-state index is 11.7. The average molecular weight is 402 g/mol. The molecule has 0 aliphatic carbocycles. The number of hydrogen-bond acceptors (Lipinski definition) is 4. The first-order chi connectivity index (χ1) is 13.1. The van der Waals surface area contributed by atoms with Crippen molar-refractivity contribution in [3.05, 3.63) is 0 Å². The number of carbonyl (C=O) groups is 3. The van der Waals surface area contributed by atoms with Crippen molar-refractivity contribution in [3.63, 3.8) is 0 Å². The normalized spacial score (nSPS) is 10.7. The predicted octanol–water partition coefficient (Wildman–Crippen LogP) is 5.32. The first kappa shape index (κ1) is 26.0. The SMILES string of the molecule is CCCCCCCCCCCCCCCC(=O)SCCC(=O)NCC(=O)O. The van der Waals surface area contributed by atoms with Crippen LogP contribution in [0.15, 0.2) is 0 Å². The topological polar surface area (TPSA) is 83.5 Å². The standard InChI is InChI=1S/C21H39NO4S/c1-2-3-4-5-6-7-8-9-10-11-12-13-14-15-21(26)27-17-16-19(23)22-18-20(24)25/h2-18H2,1H3,(H,22,23)(H,24,25). The maximum Gasteiger partial charge on any atom is 0.322 e. The van der Waals surface area contributed by atoms with Gasteiger partial charge in [-0.3, -0.25) is 14.4 Å². The summed E-state index contributed by atoms with van der Waals surface area (Å²) < 4.78 is 0. The van der Waals surface area contributed by atoms with Gasteiger partial charge in [0, 0.05) is 18.6 Å². The van der Waals surface area contributed by atoms with Gasteiger partial charge >= 0.3 is 5.97 Å². The Morgan fingerprint density at radius 2 is 1.22 bits per heavy atom. The van der Waals surface area contributed by atoms with Crippen molar-refractivity contribution in [2.45, 2.75) is 103 Å². The summed E-state index contributed by atoms with van der Waals surface area (Å²) in [6, 6.07) is 0. The molecular formula is C21H39NO4S. The molecule has 0 saturated carbocycles. The van der Waals surface area contributed by atoms with E-state index in [4.69, 9.17) is 5.11 Å². The third kappa shape index (κ3) is 21.1. The van der Waals surface area contributed by atoms with E-state index < -0.39 is 5.97 Å². The van der Waals surface area contributed by atoms with Gasteiger partial charge in [-0.05, 0) is 6.42 Å². The highest BCUT2D eigenvalue weighted by atomic mass is 32.2. The van der Waals surface area contributed by atoms with Crippen molar-refractivity contribution in [1.29, 1.82) is 0 Å². The molecule has 0 aromatic carbocycles. The van der Waals surface area contributed by atoms with Crippen LogP contribution in [0.3, 0.4) is 0 Å². The van der Waals surface area contributed by atoms with Crippen LogP contribution in [0.2, 0.25) is 0 Å². The molecule has 0 saturated heterocycles. The first-order valence-electron chi connectivity index (χ1n) is 10.7. The molecule has 0 rings (SSSR count). The molecule has 0 unspecified atom stereocenters. The lowest BCUT2D eigenvalue weighted by Gasteiger charge is -2.04. The van der Waals surface area contributed by atoms with Crippen molar-refractivity contribution in [1.82, 2.24) is 5.32 Å².